The van der Waals surface area contributed by atoms with Crippen LogP contribution in [0.1, 0.15) is 13.3 Å². The molecule has 0 atom stereocenters. The molecule has 3 nitrogen and oxygen atoms in total. The van der Waals surface area contributed by atoms with Crippen LogP contribution in [0.25, 0.3) is 0 Å². The van der Waals surface area contributed by atoms with Crippen LogP contribution in [0.15, 0.2) is 4.99 Å². The molecule has 0 fully saturated rings. The molecule has 0 heterocycles. The Bertz CT molecular complexity index is 106. The zero-order chi connectivity index (χ0) is 9.07. The predicted octanol–water partition coefficient (Wildman–Crippen LogP) is 0.706. The summed E-state index contributed by atoms with van der Waals surface area (Å²) in [5, 5.41) is 3.13. The van der Waals surface area contributed by atoms with Gasteiger partial charge in [0, 0.05) is 18.8 Å². The summed E-state index contributed by atoms with van der Waals surface area (Å²) in [5.74, 6) is 2.34. The summed E-state index contributed by atoms with van der Waals surface area (Å²) >= 11 is 1.93. The van der Waals surface area contributed by atoms with Crippen molar-refractivity contribution >= 4 is 18.1 Å². The lowest BCUT2D eigenvalue weighted by Gasteiger charge is -1.97. The van der Waals surface area contributed by atoms with Crippen LogP contribution in [0, 0.1) is 0 Å². The Morgan fingerprint density at radius 1 is 1.58 bits per heavy atom. The molecule has 0 unspecified atom stereocenters. The summed E-state index contributed by atoms with van der Waals surface area (Å²) < 4.78 is 0. The van der Waals surface area contributed by atoms with Crippen LogP contribution in [-0.2, 0) is 0 Å². The normalized spacial score (nSPS) is 10.8. The van der Waals surface area contributed by atoms with Gasteiger partial charge in [0.05, 0.1) is 6.34 Å². The summed E-state index contributed by atoms with van der Waals surface area (Å²) in [6, 6.07) is 0. The van der Waals surface area contributed by atoms with E-state index in [1.807, 2.05) is 11.8 Å². The summed E-state index contributed by atoms with van der Waals surface area (Å²) in [4.78, 5) is 4.13. The van der Waals surface area contributed by atoms with Gasteiger partial charge in [-0.05, 0) is 18.7 Å². The zero-order valence-electron chi connectivity index (χ0n) is 7.75. The predicted molar refractivity (Wildman–Crippen MR) is 58.0 cm³/mol. The minimum absolute atomic E-state index is 0.725. The molecule has 12 heavy (non-hydrogen) atoms. The monoisotopic (exact) mass is 189 g/mol. The number of hydrogen-bond acceptors (Lipinski definition) is 3. The molecular weight excluding hydrogens is 170 g/mol. The maximum atomic E-state index is 5.31. The second-order valence-corrected chi connectivity index (χ2v) is 3.72. The summed E-state index contributed by atoms with van der Waals surface area (Å²) in [5.41, 5.74) is 5.31. The molecule has 0 aromatic heterocycles. The molecule has 72 valence electrons. The fourth-order valence-electron chi connectivity index (χ4n) is 0.652. The van der Waals surface area contributed by atoms with E-state index < -0.39 is 0 Å². The van der Waals surface area contributed by atoms with E-state index >= 15 is 0 Å². The van der Waals surface area contributed by atoms with Gasteiger partial charge in [-0.25, -0.2) is 0 Å². The fraction of sp³-hybridized carbons (Fsp3) is 0.875. The Hall–Kier alpha value is -0.220. The first-order valence-electron chi connectivity index (χ1n) is 4.41. The van der Waals surface area contributed by atoms with E-state index in [2.05, 4.69) is 17.2 Å². The van der Waals surface area contributed by atoms with Gasteiger partial charge in [0.15, 0.2) is 0 Å². The zero-order valence-corrected chi connectivity index (χ0v) is 8.57. The molecule has 0 saturated carbocycles. The highest BCUT2D eigenvalue weighted by molar-refractivity contribution is 7.99. The van der Waals surface area contributed by atoms with Gasteiger partial charge >= 0.3 is 0 Å². The number of nitrogens with one attached hydrogen (secondary N) is 1. The van der Waals surface area contributed by atoms with E-state index in [-0.39, 0.29) is 0 Å². The lowest BCUT2D eigenvalue weighted by atomic mass is 10.4. The topological polar surface area (TPSA) is 50.4 Å². The van der Waals surface area contributed by atoms with Crippen LogP contribution in [0.5, 0.6) is 0 Å². The van der Waals surface area contributed by atoms with Crippen LogP contribution in [-0.4, -0.2) is 37.5 Å². The van der Waals surface area contributed by atoms with Crippen LogP contribution >= 0.6 is 11.8 Å². The average Bonchev–Trinajstić information content (AvgIpc) is 2.10. The second kappa shape index (κ2) is 10.8. The molecule has 0 amide bonds. The van der Waals surface area contributed by atoms with Crippen molar-refractivity contribution in [2.75, 3.05) is 31.1 Å². The molecule has 0 aliphatic rings. The summed E-state index contributed by atoms with van der Waals surface area (Å²) in [6.07, 6.45) is 2.76. The van der Waals surface area contributed by atoms with Crippen molar-refractivity contribution in [3.63, 3.8) is 0 Å². The highest BCUT2D eigenvalue weighted by atomic mass is 32.2. The van der Waals surface area contributed by atoms with Crippen molar-refractivity contribution in [1.29, 1.82) is 0 Å². The molecule has 0 bridgehead atoms. The van der Waals surface area contributed by atoms with E-state index in [1.54, 1.807) is 6.34 Å². The number of nitrogens with two attached hydrogens (primary N) is 1. The van der Waals surface area contributed by atoms with Gasteiger partial charge in [-0.15, -0.1) is 0 Å². The second-order valence-electron chi connectivity index (χ2n) is 2.33. The van der Waals surface area contributed by atoms with Crippen molar-refractivity contribution in [2.45, 2.75) is 13.3 Å². The van der Waals surface area contributed by atoms with Crippen LogP contribution < -0.4 is 11.1 Å². The molecule has 0 rings (SSSR count). The molecule has 3 N–H and O–H groups in total. The smallest absolute Gasteiger partial charge is 0.0824 e. The molecule has 4 heteroatoms. The Kier molecular flexibility index (Phi) is 10.6. The largest absolute Gasteiger partial charge is 0.376 e. The highest BCUT2D eigenvalue weighted by Crippen LogP contribution is 1.94. The van der Waals surface area contributed by atoms with Crippen LogP contribution in [0.4, 0.5) is 0 Å². The van der Waals surface area contributed by atoms with Crippen LogP contribution in [0.3, 0.4) is 0 Å². The van der Waals surface area contributed by atoms with E-state index in [9.17, 15) is 0 Å². The summed E-state index contributed by atoms with van der Waals surface area (Å²) in [7, 11) is 0. The SMILES string of the molecule is CCSCCNC=NCCCN. The van der Waals surface area contributed by atoms with Crippen molar-refractivity contribution in [2.24, 2.45) is 10.7 Å². The first kappa shape index (κ1) is 11.8. The molecule has 0 aliphatic heterocycles. The third-order valence-corrected chi connectivity index (χ3v) is 2.17. The molecule has 0 spiro atoms. The maximum Gasteiger partial charge on any atom is 0.0824 e. The number of aliphatic imine (C=N–C) groups is 1. The Morgan fingerprint density at radius 2 is 2.42 bits per heavy atom. The first-order valence-corrected chi connectivity index (χ1v) is 5.56. The van der Waals surface area contributed by atoms with E-state index in [0.29, 0.717) is 0 Å². The summed E-state index contributed by atoms with van der Waals surface area (Å²) in [6.45, 7) is 4.73. The van der Waals surface area contributed by atoms with Crippen molar-refractivity contribution in [1.82, 2.24) is 5.32 Å². The van der Waals surface area contributed by atoms with E-state index in [1.165, 1.54) is 5.75 Å². The lowest BCUT2D eigenvalue weighted by molar-refractivity contribution is 0.840. The van der Waals surface area contributed by atoms with Gasteiger partial charge in [-0.3, -0.25) is 4.99 Å². The minimum Gasteiger partial charge on any atom is -0.376 e. The Morgan fingerprint density at radius 3 is 3.08 bits per heavy atom. The van der Waals surface area contributed by atoms with Gasteiger partial charge in [0.25, 0.3) is 0 Å². The first-order chi connectivity index (χ1) is 5.91. The number of thioether (sulfide) groups is 1. The minimum atomic E-state index is 0.725. The van der Waals surface area contributed by atoms with Crippen LogP contribution in [0.2, 0.25) is 0 Å². The van der Waals surface area contributed by atoms with E-state index in [4.69, 9.17) is 5.73 Å². The quantitative estimate of drug-likeness (QED) is 0.336. The van der Waals surface area contributed by atoms with E-state index in [0.717, 1.165) is 31.8 Å². The van der Waals surface area contributed by atoms with Crippen molar-refractivity contribution in [3.05, 3.63) is 0 Å². The average molecular weight is 189 g/mol. The van der Waals surface area contributed by atoms with Gasteiger partial charge < -0.3 is 11.1 Å². The van der Waals surface area contributed by atoms with Gasteiger partial charge in [-0.2, -0.15) is 11.8 Å². The molecule has 0 aromatic carbocycles. The molecule has 0 aliphatic carbocycles. The third-order valence-electron chi connectivity index (χ3n) is 1.27. The molecule has 0 aromatic rings. The Balaban J connectivity index is 2.92. The van der Waals surface area contributed by atoms with Gasteiger partial charge in [-0.1, -0.05) is 6.92 Å². The molecule has 0 saturated heterocycles. The Labute approximate surface area is 79.2 Å². The van der Waals surface area contributed by atoms with Gasteiger partial charge in [0.2, 0.25) is 0 Å². The van der Waals surface area contributed by atoms with Crippen molar-refractivity contribution in [3.8, 4) is 0 Å². The number of rotatable bonds is 8. The van der Waals surface area contributed by atoms with Gasteiger partial charge in [0.1, 0.15) is 0 Å². The fourth-order valence-corrected chi connectivity index (χ4v) is 1.20. The number of hydrogen-bond donors (Lipinski definition) is 2. The maximum absolute atomic E-state index is 5.31. The van der Waals surface area contributed by atoms with Crippen molar-refractivity contribution < 1.29 is 0 Å². The standard InChI is InChI=1S/C8H19N3S/c1-2-12-7-6-11-8-10-5-3-4-9/h8H,2-7,9H2,1H3,(H,10,11). The highest BCUT2D eigenvalue weighted by Gasteiger charge is 1.82. The number of nitrogens with zero attached hydrogens (tertiary/aromatic N) is 1. The molecular formula is C8H19N3S. The molecule has 0 radical (unpaired) electrons. The lowest BCUT2D eigenvalue weighted by Crippen LogP contribution is -2.15. The third kappa shape index (κ3) is 9.78.